The van der Waals surface area contributed by atoms with E-state index in [2.05, 4.69) is 35.3 Å². The van der Waals surface area contributed by atoms with E-state index in [9.17, 15) is 0 Å². The maximum Gasteiger partial charge on any atom is 0.200 e. The molecule has 25 heavy (non-hydrogen) atoms. The topological polar surface area (TPSA) is 34.5 Å². The number of pyridine rings is 1. The Balaban J connectivity index is 1.69. The zero-order valence-corrected chi connectivity index (χ0v) is 14.1. The molecule has 1 spiro atoms. The normalized spacial score (nSPS) is 18.5. The molecular weight excluding hydrogens is 308 g/mol. The Kier molecular flexibility index (Phi) is 3.34. The molecule has 0 atom stereocenters. The van der Waals surface area contributed by atoms with Crippen molar-refractivity contribution in [2.75, 3.05) is 0 Å². The van der Waals surface area contributed by atoms with Gasteiger partial charge in [0.15, 0.2) is 0 Å². The predicted molar refractivity (Wildman–Crippen MR) is 100 cm³/mol. The van der Waals surface area contributed by atoms with Crippen LogP contribution in [0, 0.1) is 0 Å². The fraction of sp³-hybridized carbons (Fsp3) is 0.273. The maximum absolute atomic E-state index is 6.39. The van der Waals surface area contributed by atoms with Crippen molar-refractivity contribution >= 4 is 16.6 Å². The van der Waals surface area contributed by atoms with E-state index >= 15 is 0 Å². The quantitative estimate of drug-likeness (QED) is 0.621. The van der Waals surface area contributed by atoms with Gasteiger partial charge in [0.1, 0.15) is 5.75 Å². The van der Waals surface area contributed by atoms with Crippen LogP contribution in [-0.2, 0) is 0 Å². The minimum Gasteiger partial charge on any atom is -0.465 e. The molecule has 0 N–H and O–H groups in total. The van der Waals surface area contributed by atoms with Crippen LogP contribution in [0.1, 0.15) is 43.2 Å². The third-order valence-electron chi connectivity index (χ3n) is 5.26. The van der Waals surface area contributed by atoms with Gasteiger partial charge in [-0.15, -0.1) is 0 Å². The van der Waals surface area contributed by atoms with E-state index in [-0.39, 0.29) is 0 Å². The first-order valence-electron chi connectivity index (χ1n) is 9.07. The number of hydrogen-bond acceptors (Lipinski definition) is 3. The molecule has 2 heterocycles. The summed E-state index contributed by atoms with van der Waals surface area (Å²) in [5, 5.41) is 1.14. The number of hydrogen-bond donors (Lipinski definition) is 0. The molecule has 0 unspecified atom stereocenters. The van der Waals surface area contributed by atoms with Crippen molar-refractivity contribution in [2.45, 2.75) is 37.8 Å². The zero-order valence-electron chi connectivity index (χ0n) is 14.1. The van der Waals surface area contributed by atoms with E-state index in [1.54, 1.807) is 0 Å². The van der Waals surface area contributed by atoms with E-state index < -0.39 is 5.72 Å². The number of rotatable bonds is 1. The van der Waals surface area contributed by atoms with Crippen LogP contribution in [-0.4, -0.2) is 16.4 Å². The molecule has 1 aromatic heterocycles. The average molecular weight is 328 g/mol. The zero-order chi connectivity index (χ0) is 16.7. The molecule has 0 amide bonds. The second-order valence-electron chi connectivity index (χ2n) is 6.98. The summed E-state index contributed by atoms with van der Waals surface area (Å²) < 4.78 is 6.39. The third kappa shape index (κ3) is 2.51. The molecule has 1 aliphatic carbocycles. The summed E-state index contributed by atoms with van der Waals surface area (Å²) >= 11 is 0. The highest BCUT2D eigenvalue weighted by atomic mass is 16.5. The first-order chi connectivity index (χ1) is 12.3. The van der Waals surface area contributed by atoms with Gasteiger partial charge in [0.2, 0.25) is 5.72 Å². The Morgan fingerprint density at radius 3 is 2.60 bits per heavy atom. The Labute approximate surface area is 147 Å². The maximum atomic E-state index is 6.39. The van der Waals surface area contributed by atoms with Crippen LogP contribution in [0.25, 0.3) is 10.9 Å². The van der Waals surface area contributed by atoms with Gasteiger partial charge in [-0.2, -0.15) is 0 Å². The second kappa shape index (κ2) is 5.69. The summed E-state index contributed by atoms with van der Waals surface area (Å²) in [7, 11) is 0. The van der Waals surface area contributed by atoms with E-state index in [0.29, 0.717) is 0 Å². The summed E-state index contributed by atoms with van der Waals surface area (Å²) in [6, 6.07) is 18.7. The molecule has 124 valence electrons. The molecule has 0 bridgehead atoms. The molecule has 2 aromatic carbocycles. The number of benzene rings is 2. The van der Waals surface area contributed by atoms with Gasteiger partial charge in [-0.1, -0.05) is 36.8 Å². The Morgan fingerprint density at radius 1 is 0.880 bits per heavy atom. The second-order valence-corrected chi connectivity index (χ2v) is 6.98. The van der Waals surface area contributed by atoms with E-state index in [4.69, 9.17) is 9.73 Å². The van der Waals surface area contributed by atoms with Crippen LogP contribution < -0.4 is 4.74 Å². The SMILES string of the molecule is c1ccc2c(c1)OC1(CCCCC1)N=C2c1cnc2ccccc2c1. The van der Waals surface area contributed by atoms with Crippen molar-refractivity contribution in [3.63, 3.8) is 0 Å². The van der Waals surface area contributed by atoms with E-state index in [0.717, 1.165) is 46.3 Å². The first-order valence-corrected chi connectivity index (χ1v) is 9.07. The van der Waals surface area contributed by atoms with Gasteiger partial charge in [-0.05, 0) is 37.1 Å². The highest BCUT2D eigenvalue weighted by Gasteiger charge is 2.38. The largest absolute Gasteiger partial charge is 0.465 e. The molecule has 3 heteroatoms. The number of nitrogens with zero attached hydrogens (tertiary/aromatic N) is 2. The monoisotopic (exact) mass is 328 g/mol. The lowest BCUT2D eigenvalue weighted by molar-refractivity contribution is 0.0356. The van der Waals surface area contributed by atoms with Crippen molar-refractivity contribution in [1.29, 1.82) is 0 Å². The number of fused-ring (bicyclic) bond motifs is 2. The van der Waals surface area contributed by atoms with E-state index in [1.807, 2.05) is 30.5 Å². The predicted octanol–water partition coefficient (Wildman–Crippen LogP) is 5.13. The van der Waals surface area contributed by atoms with Gasteiger partial charge >= 0.3 is 0 Å². The summed E-state index contributed by atoms with van der Waals surface area (Å²) in [5.74, 6) is 0.947. The lowest BCUT2D eigenvalue weighted by atomic mass is 9.89. The molecule has 1 saturated carbocycles. The molecule has 5 rings (SSSR count). The van der Waals surface area contributed by atoms with Crippen molar-refractivity contribution in [3.05, 3.63) is 71.9 Å². The van der Waals surface area contributed by atoms with Crippen molar-refractivity contribution in [2.24, 2.45) is 4.99 Å². The van der Waals surface area contributed by atoms with Gasteiger partial charge in [0.25, 0.3) is 0 Å². The van der Waals surface area contributed by atoms with Crippen LogP contribution in [0.4, 0.5) is 0 Å². The van der Waals surface area contributed by atoms with Crippen molar-refractivity contribution in [1.82, 2.24) is 4.98 Å². The van der Waals surface area contributed by atoms with Crippen LogP contribution in [0.15, 0.2) is 65.8 Å². The summed E-state index contributed by atoms with van der Waals surface area (Å²) in [4.78, 5) is 9.79. The molecule has 3 nitrogen and oxygen atoms in total. The Morgan fingerprint density at radius 2 is 1.68 bits per heavy atom. The number of para-hydroxylation sites is 2. The summed E-state index contributed by atoms with van der Waals surface area (Å²) in [6.07, 6.45) is 7.55. The third-order valence-corrected chi connectivity index (χ3v) is 5.26. The van der Waals surface area contributed by atoms with Crippen LogP contribution >= 0.6 is 0 Å². The minimum atomic E-state index is -0.395. The molecule has 1 fully saturated rings. The standard InChI is InChI=1S/C22H20N2O/c1-6-12-22(13-7-1)24-21(18-9-3-5-11-20(18)25-22)17-14-16-8-2-4-10-19(16)23-15-17/h2-5,8-11,14-15H,1,6-7,12-13H2. The van der Waals surface area contributed by atoms with Crippen LogP contribution in [0.5, 0.6) is 5.75 Å². The van der Waals surface area contributed by atoms with Gasteiger partial charge in [0.05, 0.1) is 11.2 Å². The highest BCUT2D eigenvalue weighted by Crippen LogP contribution is 2.40. The fourth-order valence-electron chi connectivity index (χ4n) is 3.98. The molecule has 2 aliphatic rings. The van der Waals surface area contributed by atoms with E-state index in [1.165, 1.54) is 19.3 Å². The molecular formula is C22H20N2O. The lowest BCUT2D eigenvalue weighted by Gasteiger charge is -2.38. The Bertz CT molecular complexity index is 970. The first kappa shape index (κ1) is 14.6. The Hall–Kier alpha value is -2.68. The van der Waals surface area contributed by atoms with Crippen LogP contribution in [0.3, 0.4) is 0 Å². The van der Waals surface area contributed by atoms with Crippen LogP contribution in [0.2, 0.25) is 0 Å². The van der Waals surface area contributed by atoms with Crippen molar-refractivity contribution < 1.29 is 4.74 Å². The smallest absolute Gasteiger partial charge is 0.200 e. The summed E-state index contributed by atoms with van der Waals surface area (Å²) in [5.41, 5.74) is 3.77. The molecule has 0 radical (unpaired) electrons. The number of aliphatic imine (C=N–C) groups is 1. The minimum absolute atomic E-state index is 0.395. The molecule has 1 aliphatic heterocycles. The fourth-order valence-corrected chi connectivity index (χ4v) is 3.98. The lowest BCUT2D eigenvalue weighted by Crippen LogP contribution is -2.40. The van der Waals surface area contributed by atoms with Gasteiger partial charge in [0, 0.05) is 35.6 Å². The van der Waals surface area contributed by atoms with Crippen molar-refractivity contribution in [3.8, 4) is 5.75 Å². The van der Waals surface area contributed by atoms with Gasteiger partial charge in [-0.3, -0.25) is 4.98 Å². The number of aromatic nitrogens is 1. The average Bonchev–Trinajstić information content (AvgIpc) is 2.67. The summed E-state index contributed by atoms with van der Waals surface area (Å²) in [6.45, 7) is 0. The molecule has 3 aromatic rings. The number of ether oxygens (including phenoxy) is 1. The van der Waals surface area contributed by atoms with Gasteiger partial charge in [-0.25, -0.2) is 4.99 Å². The molecule has 0 saturated heterocycles. The van der Waals surface area contributed by atoms with Gasteiger partial charge < -0.3 is 4.74 Å². The highest BCUT2D eigenvalue weighted by molar-refractivity contribution is 6.16.